The lowest BCUT2D eigenvalue weighted by Crippen LogP contribution is -2.44. The summed E-state index contributed by atoms with van der Waals surface area (Å²) in [6.45, 7) is 8.85. The summed E-state index contributed by atoms with van der Waals surface area (Å²) in [6, 6.07) is 1.80. The van der Waals surface area contributed by atoms with Gasteiger partial charge in [-0.3, -0.25) is 0 Å². The van der Waals surface area contributed by atoms with Crippen molar-refractivity contribution in [1.82, 2.24) is 10.6 Å². The van der Waals surface area contributed by atoms with Crippen molar-refractivity contribution in [3.05, 3.63) is 21.9 Å². The van der Waals surface area contributed by atoms with E-state index in [1.165, 1.54) is 5.56 Å². The number of urea groups is 1. The summed E-state index contributed by atoms with van der Waals surface area (Å²) >= 11 is 1.63. The molecule has 1 aromatic heterocycles. The maximum absolute atomic E-state index is 11.7. The molecule has 4 nitrogen and oxygen atoms in total. The van der Waals surface area contributed by atoms with Crippen molar-refractivity contribution < 1.29 is 9.90 Å². The van der Waals surface area contributed by atoms with Crippen molar-refractivity contribution in [2.45, 2.75) is 52.7 Å². The summed E-state index contributed by atoms with van der Waals surface area (Å²) in [4.78, 5) is 12.9. The molecule has 1 atom stereocenters. The van der Waals surface area contributed by atoms with Crippen molar-refractivity contribution >= 4 is 17.4 Å². The van der Waals surface area contributed by atoms with E-state index in [4.69, 9.17) is 0 Å². The molecule has 0 radical (unpaired) electrons. The van der Waals surface area contributed by atoms with Gasteiger partial charge < -0.3 is 15.7 Å². The minimum absolute atomic E-state index is 0.234. The fraction of sp³-hybridized carbons (Fsp3) is 0.667. The number of hydrogen-bond acceptors (Lipinski definition) is 3. The third-order valence-corrected chi connectivity index (χ3v) is 4.29. The number of rotatable bonds is 7. The summed E-state index contributed by atoms with van der Waals surface area (Å²) in [7, 11) is 0. The molecule has 2 amide bonds. The van der Waals surface area contributed by atoms with E-state index in [2.05, 4.69) is 24.5 Å². The van der Waals surface area contributed by atoms with Crippen LogP contribution in [-0.2, 0) is 6.54 Å². The minimum atomic E-state index is -0.847. The van der Waals surface area contributed by atoms with Crippen LogP contribution in [0.15, 0.2) is 11.4 Å². The number of carbonyl (C=O) groups is 1. The zero-order valence-electron chi connectivity index (χ0n) is 12.8. The van der Waals surface area contributed by atoms with Gasteiger partial charge in [-0.1, -0.05) is 13.8 Å². The molecule has 5 heteroatoms. The van der Waals surface area contributed by atoms with E-state index in [1.807, 2.05) is 18.4 Å². The first-order valence-electron chi connectivity index (χ1n) is 7.07. The number of amides is 2. The Balaban J connectivity index is 2.27. The monoisotopic (exact) mass is 298 g/mol. The van der Waals surface area contributed by atoms with Crippen LogP contribution in [0.1, 0.15) is 44.1 Å². The first-order chi connectivity index (χ1) is 9.30. The molecule has 1 unspecified atom stereocenters. The molecule has 1 rings (SSSR count). The second-order valence-corrected chi connectivity index (χ2v) is 6.99. The SMILES string of the molecule is Cc1ccsc1CNC(=O)NCC(C)(O)CCC(C)C. The Kier molecular flexibility index (Phi) is 6.49. The van der Waals surface area contributed by atoms with Crippen molar-refractivity contribution in [2.75, 3.05) is 6.54 Å². The smallest absolute Gasteiger partial charge is 0.315 e. The molecule has 1 aromatic rings. The Morgan fingerprint density at radius 3 is 2.70 bits per heavy atom. The van der Waals surface area contributed by atoms with Crippen LogP contribution < -0.4 is 10.6 Å². The highest BCUT2D eigenvalue weighted by Gasteiger charge is 2.21. The van der Waals surface area contributed by atoms with Crippen molar-refractivity contribution in [3.8, 4) is 0 Å². The van der Waals surface area contributed by atoms with E-state index in [9.17, 15) is 9.90 Å². The zero-order valence-corrected chi connectivity index (χ0v) is 13.6. The summed E-state index contributed by atoms with van der Waals surface area (Å²) in [6.07, 6.45) is 1.64. The van der Waals surface area contributed by atoms with Gasteiger partial charge in [0, 0.05) is 11.4 Å². The largest absolute Gasteiger partial charge is 0.388 e. The molecule has 0 aliphatic carbocycles. The number of aryl methyl sites for hydroxylation is 1. The molecule has 0 saturated carbocycles. The van der Waals surface area contributed by atoms with Gasteiger partial charge in [-0.15, -0.1) is 11.3 Å². The van der Waals surface area contributed by atoms with Crippen molar-refractivity contribution in [1.29, 1.82) is 0 Å². The minimum Gasteiger partial charge on any atom is -0.388 e. The second kappa shape index (κ2) is 7.64. The van der Waals surface area contributed by atoms with Gasteiger partial charge >= 0.3 is 6.03 Å². The first kappa shape index (κ1) is 17.0. The molecule has 0 bridgehead atoms. The maximum Gasteiger partial charge on any atom is 0.315 e. The van der Waals surface area contributed by atoms with E-state index in [1.54, 1.807) is 18.3 Å². The van der Waals surface area contributed by atoms with E-state index in [0.29, 0.717) is 18.9 Å². The molecule has 0 aromatic carbocycles. The van der Waals surface area contributed by atoms with Crippen molar-refractivity contribution in [3.63, 3.8) is 0 Å². The van der Waals surface area contributed by atoms with E-state index >= 15 is 0 Å². The topological polar surface area (TPSA) is 61.4 Å². The Morgan fingerprint density at radius 2 is 2.15 bits per heavy atom. The standard InChI is InChI=1S/C15H26N2O2S/c1-11(2)5-7-15(4,19)10-17-14(18)16-9-13-12(3)6-8-20-13/h6,8,11,19H,5,7,9-10H2,1-4H3,(H2,16,17,18). The van der Waals surface area contributed by atoms with Crippen LogP contribution in [0, 0.1) is 12.8 Å². The van der Waals surface area contributed by atoms with Crippen LogP contribution in [0.3, 0.4) is 0 Å². The Labute approximate surface area is 125 Å². The van der Waals surface area contributed by atoms with Crippen LogP contribution in [0.5, 0.6) is 0 Å². The number of carbonyl (C=O) groups excluding carboxylic acids is 1. The van der Waals surface area contributed by atoms with Crippen LogP contribution >= 0.6 is 11.3 Å². The van der Waals surface area contributed by atoms with Gasteiger partial charge in [-0.05, 0) is 49.6 Å². The average molecular weight is 298 g/mol. The number of hydrogen-bond donors (Lipinski definition) is 3. The molecule has 0 spiro atoms. The lowest BCUT2D eigenvalue weighted by Gasteiger charge is -2.24. The zero-order chi connectivity index (χ0) is 15.2. The van der Waals surface area contributed by atoms with Gasteiger partial charge in [0.15, 0.2) is 0 Å². The number of aliphatic hydroxyl groups is 1. The predicted molar refractivity (Wildman–Crippen MR) is 84.0 cm³/mol. The Morgan fingerprint density at radius 1 is 1.45 bits per heavy atom. The first-order valence-corrected chi connectivity index (χ1v) is 7.95. The average Bonchev–Trinajstić information content (AvgIpc) is 2.77. The molecule has 114 valence electrons. The number of nitrogens with one attached hydrogen (secondary N) is 2. The lowest BCUT2D eigenvalue weighted by atomic mass is 9.95. The molecule has 20 heavy (non-hydrogen) atoms. The quantitative estimate of drug-likeness (QED) is 0.724. The molecular weight excluding hydrogens is 272 g/mol. The highest BCUT2D eigenvalue weighted by molar-refractivity contribution is 7.10. The summed E-state index contributed by atoms with van der Waals surface area (Å²) in [5.74, 6) is 0.553. The van der Waals surface area contributed by atoms with Gasteiger partial charge in [0.05, 0.1) is 12.1 Å². The molecule has 0 aliphatic heterocycles. The number of thiophene rings is 1. The highest BCUT2D eigenvalue weighted by Crippen LogP contribution is 2.16. The second-order valence-electron chi connectivity index (χ2n) is 5.99. The fourth-order valence-corrected chi connectivity index (χ4v) is 2.61. The molecule has 0 saturated heterocycles. The Hall–Kier alpha value is -1.07. The van der Waals surface area contributed by atoms with Crippen LogP contribution in [0.4, 0.5) is 4.79 Å². The van der Waals surface area contributed by atoms with Gasteiger partial charge in [-0.2, -0.15) is 0 Å². The maximum atomic E-state index is 11.7. The Bertz CT molecular complexity index is 427. The van der Waals surface area contributed by atoms with E-state index in [0.717, 1.165) is 11.3 Å². The molecule has 0 fully saturated rings. The third kappa shape index (κ3) is 6.39. The summed E-state index contributed by atoms with van der Waals surface area (Å²) in [5, 5.41) is 17.7. The summed E-state index contributed by atoms with van der Waals surface area (Å²) < 4.78 is 0. The van der Waals surface area contributed by atoms with Gasteiger partial charge in [-0.25, -0.2) is 4.79 Å². The van der Waals surface area contributed by atoms with Crippen LogP contribution in [0.25, 0.3) is 0 Å². The third-order valence-electron chi connectivity index (χ3n) is 3.27. The fourth-order valence-electron chi connectivity index (χ4n) is 1.77. The molecule has 1 heterocycles. The van der Waals surface area contributed by atoms with Crippen molar-refractivity contribution in [2.24, 2.45) is 5.92 Å². The molecular formula is C15H26N2O2S. The molecule has 0 aliphatic rings. The van der Waals surface area contributed by atoms with E-state index < -0.39 is 5.60 Å². The van der Waals surface area contributed by atoms with Gasteiger partial charge in [0.1, 0.15) is 0 Å². The van der Waals surface area contributed by atoms with E-state index in [-0.39, 0.29) is 12.6 Å². The highest BCUT2D eigenvalue weighted by atomic mass is 32.1. The summed E-state index contributed by atoms with van der Waals surface area (Å²) in [5.41, 5.74) is 0.347. The van der Waals surface area contributed by atoms with Gasteiger partial charge in [0.25, 0.3) is 0 Å². The van der Waals surface area contributed by atoms with Crippen LogP contribution in [-0.4, -0.2) is 23.3 Å². The normalized spacial score (nSPS) is 14.1. The molecule has 3 N–H and O–H groups in total. The van der Waals surface area contributed by atoms with Gasteiger partial charge in [0.2, 0.25) is 0 Å². The predicted octanol–water partition coefficient (Wildman–Crippen LogP) is 3.04. The van der Waals surface area contributed by atoms with Crippen LogP contribution in [0.2, 0.25) is 0 Å². The lowest BCUT2D eigenvalue weighted by molar-refractivity contribution is 0.0476.